The summed E-state index contributed by atoms with van der Waals surface area (Å²) in [4.78, 5) is 17.0. The molecule has 2 rings (SSSR count). The van der Waals surface area contributed by atoms with Gasteiger partial charge in [0.15, 0.2) is 0 Å². The van der Waals surface area contributed by atoms with Crippen LogP contribution >= 0.6 is 11.6 Å². The van der Waals surface area contributed by atoms with Gasteiger partial charge < -0.3 is 10.0 Å². The number of nitriles is 1. The Morgan fingerprint density at radius 3 is 3.15 bits per heavy atom. The van der Waals surface area contributed by atoms with E-state index in [0.29, 0.717) is 28.7 Å². The fraction of sp³-hybridized carbons (Fsp3) is 0.500. The number of nitrogens with zero attached hydrogens (tertiary/aromatic N) is 3. The fourth-order valence-electron chi connectivity index (χ4n) is 2.56. The van der Waals surface area contributed by atoms with Crippen LogP contribution in [0.15, 0.2) is 12.3 Å². The van der Waals surface area contributed by atoms with Gasteiger partial charge in [0.25, 0.3) is 0 Å². The van der Waals surface area contributed by atoms with Crippen molar-refractivity contribution in [2.45, 2.75) is 25.7 Å². The first-order valence-electron chi connectivity index (χ1n) is 6.63. The van der Waals surface area contributed by atoms with Crippen LogP contribution in [0, 0.1) is 17.2 Å². The molecule has 0 bridgehead atoms. The number of hydrogen-bond donors (Lipinski definition) is 1. The number of halogens is 1. The van der Waals surface area contributed by atoms with Gasteiger partial charge >= 0.3 is 5.97 Å². The van der Waals surface area contributed by atoms with E-state index in [4.69, 9.17) is 22.0 Å². The first kappa shape index (κ1) is 14.6. The number of anilines is 1. The Kier molecular flexibility index (Phi) is 4.80. The summed E-state index contributed by atoms with van der Waals surface area (Å²) in [6.45, 7) is 1.58. The number of hydrogen-bond acceptors (Lipinski definition) is 4. The summed E-state index contributed by atoms with van der Waals surface area (Å²) in [6, 6.07) is 3.64. The number of piperidine rings is 1. The molecule has 20 heavy (non-hydrogen) atoms. The largest absolute Gasteiger partial charge is 0.481 e. The van der Waals surface area contributed by atoms with E-state index in [1.54, 1.807) is 12.3 Å². The minimum Gasteiger partial charge on any atom is -0.481 e. The molecule has 0 aromatic carbocycles. The van der Waals surface area contributed by atoms with Crippen molar-refractivity contribution in [2.24, 2.45) is 5.92 Å². The van der Waals surface area contributed by atoms with Crippen LogP contribution < -0.4 is 4.90 Å². The topological polar surface area (TPSA) is 77.2 Å². The van der Waals surface area contributed by atoms with Gasteiger partial charge in [-0.25, -0.2) is 4.98 Å². The first-order valence-corrected chi connectivity index (χ1v) is 7.01. The minimum atomic E-state index is -0.759. The monoisotopic (exact) mass is 293 g/mol. The molecule has 0 spiro atoms. The molecule has 1 aliphatic heterocycles. The highest BCUT2D eigenvalue weighted by Crippen LogP contribution is 2.31. The molecule has 6 heteroatoms. The number of pyridine rings is 1. The summed E-state index contributed by atoms with van der Waals surface area (Å²) in [7, 11) is 0. The highest BCUT2D eigenvalue weighted by molar-refractivity contribution is 6.34. The summed E-state index contributed by atoms with van der Waals surface area (Å²) in [6.07, 6.45) is 4.46. The third kappa shape index (κ3) is 3.40. The number of aliphatic carboxylic acids is 1. The minimum absolute atomic E-state index is 0.192. The zero-order valence-electron chi connectivity index (χ0n) is 11.0. The van der Waals surface area contributed by atoms with Crippen molar-refractivity contribution in [3.63, 3.8) is 0 Å². The van der Waals surface area contributed by atoms with Gasteiger partial charge in [-0.2, -0.15) is 5.26 Å². The lowest BCUT2D eigenvalue weighted by molar-refractivity contribution is -0.137. The maximum absolute atomic E-state index is 10.6. The number of carboxylic acids is 1. The molecule has 2 heterocycles. The second-order valence-corrected chi connectivity index (χ2v) is 5.37. The van der Waals surface area contributed by atoms with Gasteiger partial charge in [0, 0.05) is 25.7 Å². The average molecular weight is 294 g/mol. The molecule has 1 fully saturated rings. The Hall–Kier alpha value is -1.80. The van der Waals surface area contributed by atoms with Crippen LogP contribution in [0.3, 0.4) is 0 Å². The smallest absolute Gasteiger partial charge is 0.303 e. The lowest BCUT2D eigenvalue weighted by atomic mass is 9.93. The predicted octanol–water partition coefficient (Wildman–Crippen LogP) is 2.69. The zero-order chi connectivity index (χ0) is 14.5. The molecule has 1 aromatic heterocycles. The molecule has 0 saturated carbocycles. The molecular formula is C14H16ClN3O2. The molecule has 106 valence electrons. The summed E-state index contributed by atoms with van der Waals surface area (Å²) < 4.78 is 0. The second-order valence-electron chi connectivity index (χ2n) is 4.99. The first-order chi connectivity index (χ1) is 9.61. The highest BCUT2D eigenvalue weighted by Gasteiger charge is 2.23. The van der Waals surface area contributed by atoms with E-state index in [0.717, 1.165) is 25.9 Å². The van der Waals surface area contributed by atoms with Crippen molar-refractivity contribution in [2.75, 3.05) is 18.0 Å². The number of carbonyl (C=O) groups is 1. The van der Waals surface area contributed by atoms with Crippen LogP contribution in [0.5, 0.6) is 0 Å². The molecule has 1 atom stereocenters. The van der Waals surface area contributed by atoms with Crippen LogP contribution in [-0.4, -0.2) is 29.1 Å². The second kappa shape index (κ2) is 6.58. The van der Waals surface area contributed by atoms with E-state index in [2.05, 4.69) is 9.88 Å². The average Bonchev–Trinajstić information content (AvgIpc) is 2.45. The van der Waals surface area contributed by atoms with Gasteiger partial charge in [0.05, 0.1) is 5.56 Å². The summed E-state index contributed by atoms with van der Waals surface area (Å²) in [5.41, 5.74) is 0.421. The molecular weight excluding hydrogens is 278 g/mol. The Bertz CT molecular complexity index is 542. The SMILES string of the molecule is N#Cc1ccnc(N2CCCC(CCC(=O)O)C2)c1Cl. The van der Waals surface area contributed by atoms with Gasteiger partial charge in [-0.15, -0.1) is 0 Å². The summed E-state index contributed by atoms with van der Waals surface area (Å²) in [5.74, 6) is 0.207. The van der Waals surface area contributed by atoms with Crippen LogP contribution in [0.2, 0.25) is 5.02 Å². The molecule has 0 amide bonds. The van der Waals surface area contributed by atoms with Crippen molar-refractivity contribution in [3.05, 3.63) is 22.8 Å². The van der Waals surface area contributed by atoms with E-state index in [-0.39, 0.29) is 6.42 Å². The quantitative estimate of drug-likeness (QED) is 0.923. The van der Waals surface area contributed by atoms with E-state index in [1.165, 1.54) is 0 Å². The Balaban J connectivity index is 2.09. The van der Waals surface area contributed by atoms with Crippen LogP contribution in [0.4, 0.5) is 5.82 Å². The number of carboxylic acid groups (broad SMARTS) is 1. The third-order valence-electron chi connectivity index (χ3n) is 3.58. The van der Waals surface area contributed by atoms with Gasteiger partial charge in [-0.3, -0.25) is 4.79 Å². The summed E-state index contributed by atoms with van der Waals surface area (Å²) >= 11 is 6.20. The van der Waals surface area contributed by atoms with Crippen molar-refractivity contribution in [3.8, 4) is 6.07 Å². The standard InChI is InChI=1S/C14H16ClN3O2/c15-13-11(8-16)5-6-17-14(13)18-7-1-2-10(9-18)3-4-12(19)20/h5-6,10H,1-4,7,9H2,(H,19,20). The Morgan fingerprint density at radius 1 is 1.65 bits per heavy atom. The van der Waals surface area contributed by atoms with Gasteiger partial charge in [-0.1, -0.05) is 11.6 Å². The van der Waals surface area contributed by atoms with Gasteiger partial charge in [-0.05, 0) is 31.2 Å². The molecule has 1 aliphatic rings. The van der Waals surface area contributed by atoms with Crippen molar-refractivity contribution in [1.29, 1.82) is 5.26 Å². The van der Waals surface area contributed by atoms with Crippen LogP contribution in [0.25, 0.3) is 0 Å². The Morgan fingerprint density at radius 2 is 2.45 bits per heavy atom. The molecule has 1 unspecified atom stereocenters. The van der Waals surface area contributed by atoms with Crippen molar-refractivity contribution >= 4 is 23.4 Å². The third-order valence-corrected chi connectivity index (χ3v) is 3.95. The van der Waals surface area contributed by atoms with Crippen LogP contribution in [0.1, 0.15) is 31.2 Å². The normalized spacial score (nSPS) is 18.6. The van der Waals surface area contributed by atoms with E-state index in [1.807, 2.05) is 6.07 Å². The summed E-state index contributed by atoms with van der Waals surface area (Å²) in [5, 5.41) is 18.1. The van der Waals surface area contributed by atoms with E-state index < -0.39 is 5.97 Å². The van der Waals surface area contributed by atoms with E-state index >= 15 is 0 Å². The van der Waals surface area contributed by atoms with Crippen molar-refractivity contribution < 1.29 is 9.90 Å². The lowest BCUT2D eigenvalue weighted by Gasteiger charge is -2.34. The molecule has 1 aromatic rings. The molecule has 5 nitrogen and oxygen atoms in total. The maximum atomic E-state index is 10.6. The van der Waals surface area contributed by atoms with Gasteiger partial charge in [0.1, 0.15) is 16.9 Å². The maximum Gasteiger partial charge on any atom is 0.303 e. The zero-order valence-corrected chi connectivity index (χ0v) is 11.8. The van der Waals surface area contributed by atoms with E-state index in [9.17, 15) is 4.79 Å². The van der Waals surface area contributed by atoms with Gasteiger partial charge in [0.2, 0.25) is 0 Å². The lowest BCUT2D eigenvalue weighted by Crippen LogP contribution is -2.36. The molecule has 0 aliphatic carbocycles. The van der Waals surface area contributed by atoms with Crippen molar-refractivity contribution in [1.82, 2.24) is 4.98 Å². The number of aromatic nitrogens is 1. The predicted molar refractivity (Wildman–Crippen MR) is 75.8 cm³/mol. The Labute approximate surface area is 122 Å². The molecule has 0 radical (unpaired) electrons. The fourth-order valence-corrected chi connectivity index (χ4v) is 2.83. The highest BCUT2D eigenvalue weighted by atomic mass is 35.5. The molecule has 1 N–H and O–H groups in total. The molecule has 1 saturated heterocycles. The van der Waals surface area contributed by atoms with Crippen LogP contribution in [-0.2, 0) is 4.79 Å². The number of rotatable bonds is 4.